The van der Waals surface area contributed by atoms with Gasteiger partial charge in [0.25, 0.3) is 0 Å². The molecule has 0 amide bonds. The first-order chi connectivity index (χ1) is 12.9. The summed E-state index contributed by atoms with van der Waals surface area (Å²) in [6.07, 6.45) is 6.42. The molecule has 0 spiro atoms. The number of likely N-dealkylation sites (N-methyl/N-ethyl adjacent to an activating group) is 1. The lowest BCUT2D eigenvalue weighted by Crippen LogP contribution is -2.31. The number of Topliss-reactive ketones (excluding diaryl/α,β-unsaturated/α-hetero) is 3. The normalized spacial score (nSPS) is 28.5. The Morgan fingerprint density at radius 2 is 1.96 bits per heavy atom. The van der Waals surface area contributed by atoms with E-state index in [-0.39, 0.29) is 22.7 Å². The molecule has 0 aromatic heterocycles. The molecule has 2 aliphatic rings. The van der Waals surface area contributed by atoms with Gasteiger partial charge >= 0.3 is 0 Å². The molecule has 2 saturated carbocycles. The van der Waals surface area contributed by atoms with Gasteiger partial charge in [0.05, 0.1) is 17.7 Å². The Morgan fingerprint density at radius 1 is 1.26 bits per heavy atom. The molecule has 6 heteroatoms. The van der Waals surface area contributed by atoms with Gasteiger partial charge in [0.2, 0.25) is 0 Å². The zero-order valence-corrected chi connectivity index (χ0v) is 17.3. The molecule has 0 saturated heterocycles. The van der Waals surface area contributed by atoms with Crippen LogP contribution in [0.25, 0.3) is 0 Å². The van der Waals surface area contributed by atoms with Crippen molar-refractivity contribution in [2.45, 2.75) is 63.5 Å². The van der Waals surface area contributed by atoms with Crippen LogP contribution < -0.4 is 11.1 Å². The van der Waals surface area contributed by atoms with Crippen LogP contribution in [0.15, 0.2) is 12.3 Å². The molecule has 0 aliphatic heterocycles. The van der Waals surface area contributed by atoms with Crippen LogP contribution in [-0.4, -0.2) is 41.4 Å². The van der Waals surface area contributed by atoms with E-state index in [1.54, 1.807) is 11.8 Å². The van der Waals surface area contributed by atoms with E-state index in [4.69, 9.17) is 5.73 Å². The lowest BCUT2D eigenvalue weighted by molar-refractivity contribution is -0.128. The highest BCUT2D eigenvalue weighted by Crippen LogP contribution is 2.38. The first-order valence-electron chi connectivity index (χ1n) is 10.3. The quantitative estimate of drug-likeness (QED) is 0.414. The van der Waals surface area contributed by atoms with Crippen molar-refractivity contribution < 1.29 is 14.4 Å². The van der Waals surface area contributed by atoms with Crippen LogP contribution in [0, 0.1) is 17.8 Å². The predicted octanol–water partition coefficient (Wildman–Crippen LogP) is 2.87. The average Bonchev–Trinajstić information content (AvgIpc) is 2.91. The van der Waals surface area contributed by atoms with Gasteiger partial charge in [-0.1, -0.05) is 13.5 Å². The van der Waals surface area contributed by atoms with E-state index in [2.05, 4.69) is 11.9 Å². The van der Waals surface area contributed by atoms with Crippen molar-refractivity contribution >= 4 is 29.1 Å². The Balaban J connectivity index is 1.74. The van der Waals surface area contributed by atoms with Gasteiger partial charge in [0, 0.05) is 18.0 Å². The highest BCUT2D eigenvalue weighted by Gasteiger charge is 2.42. The van der Waals surface area contributed by atoms with Crippen LogP contribution in [0.2, 0.25) is 0 Å². The molecule has 0 aromatic carbocycles. The molecule has 152 valence electrons. The molecule has 5 nitrogen and oxygen atoms in total. The number of hydrogen-bond acceptors (Lipinski definition) is 6. The van der Waals surface area contributed by atoms with Crippen LogP contribution in [0.5, 0.6) is 0 Å². The molecule has 3 N–H and O–H groups in total. The predicted molar refractivity (Wildman–Crippen MR) is 111 cm³/mol. The monoisotopic (exact) mass is 394 g/mol. The first kappa shape index (κ1) is 22.2. The maximum absolute atomic E-state index is 12.7. The summed E-state index contributed by atoms with van der Waals surface area (Å²) in [5, 5.41) is 2.93. The molecule has 27 heavy (non-hydrogen) atoms. The highest BCUT2D eigenvalue weighted by molar-refractivity contribution is 8.00. The Labute approximate surface area is 167 Å². The second kappa shape index (κ2) is 11.0. The van der Waals surface area contributed by atoms with Crippen LogP contribution >= 0.6 is 11.8 Å². The number of carbonyl (C=O) groups excluding carboxylic acids is 3. The maximum atomic E-state index is 12.7. The lowest BCUT2D eigenvalue weighted by Gasteiger charge is -2.28. The SMILES string of the molecule is C=C(N)CCCSC1CC(=O)C(CC2CCC(C(=O)CNCC)CC2)C1=O. The van der Waals surface area contributed by atoms with Gasteiger partial charge in [-0.15, -0.1) is 0 Å². The van der Waals surface area contributed by atoms with Crippen LogP contribution in [0.4, 0.5) is 0 Å². The summed E-state index contributed by atoms with van der Waals surface area (Å²) < 4.78 is 0. The number of rotatable bonds is 11. The third-order valence-corrected chi connectivity index (χ3v) is 7.14. The minimum Gasteiger partial charge on any atom is -0.403 e. The zero-order valence-electron chi connectivity index (χ0n) is 16.5. The molecule has 2 rings (SSSR count). The van der Waals surface area contributed by atoms with Crippen molar-refractivity contribution in [3.63, 3.8) is 0 Å². The van der Waals surface area contributed by atoms with Crippen molar-refractivity contribution in [3.8, 4) is 0 Å². The summed E-state index contributed by atoms with van der Waals surface area (Å²) >= 11 is 1.60. The van der Waals surface area contributed by atoms with Gasteiger partial charge < -0.3 is 11.1 Å². The second-order valence-electron chi connectivity index (χ2n) is 7.95. The van der Waals surface area contributed by atoms with Gasteiger partial charge in [0.1, 0.15) is 11.6 Å². The number of allylic oxidation sites excluding steroid dienone is 1. The number of hydrogen-bond donors (Lipinski definition) is 2. The molecule has 2 fully saturated rings. The summed E-state index contributed by atoms with van der Waals surface area (Å²) in [7, 11) is 0. The minimum atomic E-state index is -0.411. The molecule has 0 radical (unpaired) electrons. The average molecular weight is 395 g/mol. The minimum absolute atomic E-state index is 0.117. The van der Waals surface area contributed by atoms with E-state index < -0.39 is 5.92 Å². The summed E-state index contributed by atoms with van der Waals surface area (Å²) in [6, 6.07) is 0. The fraction of sp³-hybridized carbons (Fsp3) is 0.762. The molecule has 0 aromatic rings. The number of carbonyl (C=O) groups is 3. The van der Waals surface area contributed by atoms with Gasteiger partial charge in [-0.3, -0.25) is 14.4 Å². The van der Waals surface area contributed by atoms with Crippen molar-refractivity contribution in [3.05, 3.63) is 12.3 Å². The Bertz CT molecular complexity index is 556. The van der Waals surface area contributed by atoms with E-state index in [0.29, 0.717) is 36.8 Å². The zero-order chi connectivity index (χ0) is 19.8. The first-order valence-corrected chi connectivity index (χ1v) is 11.3. The maximum Gasteiger partial charge on any atom is 0.156 e. The van der Waals surface area contributed by atoms with Crippen molar-refractivity contribution in [1.82, 2.24) is 5.32 Å². The third kappa shape index (κ3) is 6.75. The van der Waals surface area contributed by atoms with E-state index in [1.807, 2.05) is 6.92 Å². The fourth-order valence-electron chi connectivity index (χ4n) is 4.17. The van der Waals surface area contributed by atoms with Gasteiger partial charge in [-0.05, 0) is 63.2 Å². The van der Waals surface area contributed by atoms with Crippen LogP contribution in [-0.2, 0) is 14.4 Å². The van der Waals surface area contributed by atoms with Crippen LogP contribution in [0.1, 0.15) is 58.3 Å². The molecule has 0 bridgehead atoms. The van der Waals surface area contributed by atoms with Crippen molar-refractivity contribution in [1.29, 1.82) is 0 Å². The number of nitrogens with two attached hydrogens (primary N) is 1. The molecule has 2 aliphatic carbocycles. The third-order valence-electron chi connectivity index (χ3n) is 5.82. The Kier molecular flexibility index (Phi) is 9.03. The van der Waals surface area contributed by atoms with Gasteiger partial charge in [-0.2, -0.15) is 11.8 Å². The van der Waals surface area contributed by atoms with Crippen LogP contribution in [0.3, 0.4) is 0 Å². The molecular formula is C21H34N2O3S. The van der Waals surface area contributed by atoms with Gasteiger partial charge in [0.15, 0.2) is 5.78 Å². The molecule has 0 heterocycles. The molecular weight excluding hydrogens is 360 g/mol. The second-order valence-corrected chi connectivity index (χ2v) is 9.26. The largest absolute Gasteiger partial charge is 0.403 e. The smallest absolute Gasteiger partial charge is 0.156 e. The Morgan fingerprint density at radius 3 is 2.59 bits per heavy atom. The Hall–Kier alpha value is -1.14. The topological polar surface area (TPSA) is 89.3 Å². The van der Waals surface area contributed by atoms with E-state index in [0.717, 1.165) is 50.8 Å². The standard InChI is InChI=1S/C21H34N2O3S/c1-3-23-13-19(25)16-8-6-15(7-9-16)11-17-18(24)12-20(21(17)26)27-10-4-5-14(2)22/h15-17,20,23H,2-13,22H2,1H3. The summed E-state index contributed by atoms with van der Waals surface area (Å²) in [6.45, 7) is 6.96. The number of nitrogens with one attached hydrogen (secondary N) is 1. The summed E-state index contributed by atoms with van der Waals surface area (Å²) in [4.78, 5) is 37.2. The molecule has 2 unspecified atom stereocenters. The lowest BCUT2D eigenvalue weighted by atomic mass is 9.76. The highest BCUT2D eigenvalue weighted by atomic mass is 32.2. The van der Waals surface area contributed by atoms with Crippen molar-refractivity contribution in [2.24, 2.45) is 23.5 Å². The van der Waals surface area contributed by atoms with E-state index >= 15 is 0 Å². The van der Waals surface area contributed by atoms with Crippen molar-refractivity contribution in [2.75, 3.05) is 18.8 Å². The number of ketones is 3. The summed E-state index contributed by atoms with van der Waals surface area (Å²) in [5.74, 6) is 1.52. The van der Waals surface area contributed by atoms with E-state index in [1.165, 1.54) is 0 Å². The molecule has 2 atom stereocenters. The van der Waals surface area contributed by atoms with Gasteiger partial charge in [-0.25, -0.2) is 0 Å². The number of thioether (sulfide) groups is 1. The fourth-order valence-corrected chi connectivity index (χ4v) is 5.37. The van der Waals surface area contributed by atoms with E-state index in [9.17, 15) is 14.4 Å². The summed E-state index contributed by atoms with van der Waals surface area (Å²) in [5.41, 5.74) is 6.23.